The van der Waals surface area contributed by atoms with Gasteiger partial charge in [-0.1, -0.05) is 0 Å². The van der Waals surface area contributed by atoms with E-state index < -0.39 is 0 Å². The second-order valence-electron chi connectivity index (χ2n) is 3.45. The second-order valence-corrected chi connectivity index (χ2v) is 3.45. The molecule has 0 bridgehead atoms. The molecule has 0 aliphatic rings. The van der Waals surface area contributed by atoms with Gasteiger partial charge in [-0.3, -0.25) is 4.68 Å². The maximum absolute atomic E-state index is 5.72. The third-order valence-electron chi connectivity index (χ3n) is 2.16. The van der Waals surface area contributed by atoms with Gasteiger partial charge in [-0.05, 0) is 25.1 Å². The topological polar surface area (TPSA) is 66.0 Å². The molecule has 0 saturated heterocycles. The van der Waals surface area contributed by atoms with E-state index in [4.69, 9.17) is 10.5 Å². The van der Waals surface area contributed by atoms with Gasteiger partial charge in [0.05, 0.1) is 6.54 Å². The van der Waals surface area contributed by atoms with Gasteiger partial charge in [0.15, 0.2) is 11.6 Å². The van der Waals surface area contributed by atoms with E-state index in [2.05, 4.69) is 10.1 Å². The summed E-state index contributed by atoms with van der Waals surface area (Å²) in [5.41, 5.74) is 6.61. The minimum absolute atomic E-state index is 0.431. The van der Waals surface area contributed by atoms with Crippen molar-refractivity contribution in [1.82, 2.24) is 14.8 Å². The average molecular weight is 218 g/mol. The Labute approximate surface area is 93.9 Å². The van der Waals surface area contributed by atoms with E-state index in [0.29, 0.717) is 24.7 Å². The van der Waals surface area contributed by atoms with E-state index in [1.54, 1.807) is 10.9 Å². The summed E-state index contributed by atoms with van der Waals surface area (Å²) < 4.78 is 7.32. The highest BCUT2D eigenvalue weighted by atomic mass is 16.5. The third-order valence-corrected chi connectivity index (χ3v) is 2.16. The van der Waals surface area contributed by atoms with Crippen molar-refractivity contribution in [3.63, 3.8) is 0 Å². The van der Waals surface area contributed by atoms with Crippen LogP contribution < -0.4 is 10.5 Å². The van der Waals surface area contributed by atoms with Crippen LogP contribution in [-0.4, -0.2) is 21.4 Å². The first-order chi connectivity index (χ1) is 7.75. The Kier molecular flexibility index (Phi) is 3.05. The van der Waals surface area contributed by atoms with Crippen LogP contribution in [0.2, 0.25) is 0 Å². The van der Waals surface area contributed by atoms with Crippen molar-refractivity contribution in [2.24, 2.45) is 0 Å². The lowest BCUT2D eigenvalue weighted by molar-refractivity contribution is 0.292. The first-order valence-electron chi connectivity index (χ1n) is 5.09. The van der Waals surface area contributed by atoms with Crippen molar-refractivity contribution in [3.05, 3.63) is 36.3 Å². The highest BCUT2D eigenvalue weighted by molar-refractivity contribution is 5.46. The highest BCUT2D eigenvalue weighted by Gasteiger charge is 2.01. The molecule has 2 N–H and O–H groups in total. The molecule has 5 heteroatoms. The van der Waals surface area contributed by atoms with E-state index in [9.17, 15) is 0 Å². The van der Waals surface area contributed by atoms with Gasteiger partial charge in [-0.15, -0.1) is 0 Å². The van der Waals surface area contributed by atoms with E-state index >= 15 is 0 Å². The van der Waals surface area contributed by atoms with E-state index in [1.807, 2.05) is 31.3 Å². The summed E-state index contributed by atoms with van der Waals surface area (Å²) in [5, 5.41) is 4.07. The van der Waals surface area contributed by atoms with Gasteiger partial charge in [-0.25, -0.2) is 4.98 Å². The Hall–Kier alpha value is -2.04. The van der Waals surface area contributed by atoms with Gasteiger partial charge in [0.1, 0.15) is 6.61 Å². The quantitative estimate of drug-likeness (QED) is 0.838. The van der Waals surface area contributed by atoms with Crippen molar-refractivity contribution in [2.45, 2.75) is 13.5 Å². The molecule has 2 rings (SSSR count). The molecular weight excluding hydrogens is 204 g/mol. The highest BCUT2D eigenvalue weighted by Crippen LogP contribution is 2.18. The smallest absolute Gasteiger partial charge is 0.166 e. The molecule has 0 spiro atoms. The molecular formula is C11H14N4O. The Balaban J connectivity index is 1.90. The first-order valence-corrected chi connectivity index (χ1v) is 5.09. The molecule has 2 aromatic rings. The number of rotatable bonds is 4. The van der Waals surface area contributed by atoms with Gasteiger partial charge >= 0.3 is 0 Å². The maximum atomic E-state index is 5.72. The summed E-state index contributed by atoms with van der Waals surface area (Å²) in [7, 11) is 0. The molecule has 0 aliphatic heterocycles. The van der Waals surface area contributed by atoms with Gasteiger partial charge < -0.3 is 10.5 Å². The second kappa shape index (κ2) is 4.65. The van der Waals surface area contributed by atoms with Crippen LogP contribution >= 0.6 is 0 Å². The number of pyridine rings is 1. The van der Waals surface area contributed by atoms with Gasteiger partial charge in [-0.2, -0.15) is 5.10 Å². The van der Waals surface area contributed by atoms with Crippen LogP contribution in [0.1, 0.15) is 5.69 Å². The molecule has 0 amide bonds. The normalized spacial score (nSPS) is 10.3. The summed E-state index contributed by atoms with van der Waals surface area (Å²) in [4.78, 5) is 4.12. The Bertz CT molecular complexity index is 453. The summed E-state index contributed by atoms with van der Waals surface area (Å²) in [5.74, 6) is 1.05. The standard InChI is InChI=1S/C11H14N4O/c1-9-3-4-10(11(12)14-9)16-8-7-15-6-2-5-13-15/h2-6H,7-8H2,1H3,(H2,12,14). The zero-order valence-electron chi connectivity index (χ0n) is 9.13. The number of aryl methyl sites for hydroxylation is 1. The largest absolute Gasteiger partial charge is 0.488 e. The van der Waals surface area contributed by atoms with Gasteiger partial charge in [0, 0.05) is 18.1 Å². The Morgan fingerprint density at radius 2 is 2.31 bits per heavy atom. The number of hydrogen-bond donors (Lipinski definition) is 1. The summed E-state index contributed by atoms with van der Waals surface area (Å²) in [6.07, 6.45) is 3.63. The molecule has 2 heterocycles. The molecule has 0 aliphatic carbocycles. The lowest BCUT2D eigenvalue weighted by Crippen LogP contribution is -2.09. The SMILES string of the molecule is Cc1ccc(OCCn2cccn2)c(N)n1. The summed E-state index contributed by atoms with van der Waals surface area (Å²) >= 11 is 0. The fourth-order valence-corrected chi connectivity index (χ4v) is 1.37. The maximum Gasteiger partial charge on any atom is 0.166 e. The Morgan fingerprint density at radius 3 is 3.00 bits per heavy atom. The van der Waals surface area contributed by atoms with Crippen LogP contribution in [0.25, 0.3) is 0 Å². The molecule has 84 valence electrons. The number of hydrogen-bond acceptors (Lipinski definition) is 4. The molecule has 0 unspecified atom stereocenters. The number of anilines is 1. The van der Waals surface area contributed by atoms with Crippen LogP contribution in [0.15, 0.2) is 30.6 Å². The minimum Gasteiger partial charge on any atom is -0.488 e. The van der Waals surface area contributed by atoms with E-state index in [0.717, 1.165) is 5.69 Å². The molecule has 5 nitrogen and oxygen atoms in total. The van der Waals surface area contributed by atoms with Crippen molar-refractivity contribution in [1.29, 1.82) is 0 Å². The first kappa shape index (κ1) is 10.5. The third kappa shape index (κ3) is 2.50. The Morgan fingerprint density at radius 1 is 1.44 bits per heavy atom. The average Bonchev–Trinajstić information content (AvgIpc) is 2.74. The van der Waals surface area contributed by atoms with Crippen LogP contribution in [0, 0.1) is 6.92 Å². The number of nitrogen functional groups attached to an aromatic ring is 1. The monoisotopic (exact) mass is 218 g/mol. The summed E-state index contributed by atoms with van der Waals surface area (Å²) in [6.45, 7) is 3.11. The van der Waals surface area contributed by atoms with Gasteiger partial charge in [0.2, 0.25) is 0 Å². The molecule has 0 radical (unpaired) electrons. The molecule has 16 heavy (non-hydrogen) atoms. The fraction of sp³-hybridized carbons (Fsp3) is 0.273. The summed E-state index contributed by atoms with van der Waals surface area (Å²) in [6, 6.07) is 5.59. The van der Waals surface area contributed by atoms with Crippen molar-refractivity contribution in [2.75, 3.05) is 12.3 Å². The van der Waals surface area contributed by atoms with Crippen LogP contribution in [0.4, 0.5) is 5.82 Å². The van der Waals surface area contributed by atoms with Crippen molar-refractivity contribution < 1.29 is 4.74 Å². The molecule has 0 fully saturated rings. The predicted molar refractivity (Wildman–Crippen MR) is 61.1 cm³/mol. The van der Waals surface area contributed by atoms with E-state index in [-0.39, 0.29) is 0 Å². The predicted octanol–water partition coefficient (Wildman–Crippen LogP) is 1.25. The molecule has 0 atom stereocenters. The number of nitrogens with two attached hydrogens (primary N) is 1. The van der Waals surface area contributed by atoms with E-state index in [1.165, 1.54) is 0 Å². The zero-order valence-corrected chi connectivity index (χ0v) is 9.13. The molecule has 0 saturated carbocycles. The van der Waals surface area contributed by atoms with Crippen molar-refractivity contribution >= 4 is 5.82 Å². The zero-order chi connectivity index (χ0) is 11.4. The number of ether oxygens (including phenoxy) is 1. The van der Waals surface area contributed by atoms with Gasteiger partial charge in [0.25, 0.3) is 0 Å². The molecule has 0 aromatic carbocycles. The number of aromatic nitrogens is 3. The van der Waals surface area contributed by atoms with Crippen LogP contribution in [0.3, 0.4) is 0 Å². The van der Waals surface area contributed by atoms with Crippen LogP contribution in [-0.2, 0) is 6.54 Å². The number of nitrogens with zero attached hydrogens (tertiary/aromatic N) is 3. The fourth-order valence-electron chi connectivity index (χ4n) is 1.37. The lowest BCUT2D eigenvalue weighted by atomic mass is 10.3. The van der Waals surface area contributed by atoms with Crippen molar-refractivity contribution in [3.8, 4) is 5.75 Å². The van der Waals surface area contributed by atoms with Crippen LogP contribution in [0.5, 0.6) is 5.75 Å². The molecule has 2 aromatic heterocycles. The lowest BCUT2D eigenvalue weighted by Gasteiger charge is -2.08. The minimum atomic E-state index is 0.431.